The first-order valence-electron chi connectivity index (χ1n) is 6.59. The SMILES string of the molecule is CCNC(c1ccc(Br)s1)c1cc(C)c(C)cc1C. The Balaban J connectivity index is 2.47. The van der Waals surface area contributed by atoms with Gasteiger partial charge in [-0.15, -0.1) is 11.3 Å². The highest BCUT2D eigenvalue weighted by Crippen LogP contribution is 2.33. The Morgan fingerprint density at radius 2 is 1.79 bits per heavy atom. The summed E-state index contributed by atoms with van der Waals surface area (Å²) in [6.45, 7) is 9.69. The Hall–Kier alpha value is -0.640. The van der Waals surface area contributed by atoms with Gasteiger partial charge in [0, 0.05) is 4.88 Å². The van der Waals surface area contributed by atoms with E-state index in [-0.39, 0.29) is 0 Å². The zero-order chi connectivity index (χ0) is 14.0. The van der Waals surface area contributed by atoms with Gasteiger partial charge in [-0.3, -0.25) is 0 Å². The smallest absolute Gasteiger partial charge is 0.0702 e. The van der Waals surface area contributed by atoms with E-state index in [0.717, 1.165) is 6.54 Å². The molecule has 2 aromatic rings. The molecule has 3 heteroatoms. The first kappa shape index (κ1) is 14.8. The van der Waals surface area contributed by atoms with Crippen LogP contribution in [0.3, 0.4) is 0 Å². The van der Waals surface area contributed by atoms with Crippen molar-refractivity contribution in [2.24, 2.45) is 0 Å². The van der Waals surface area contributed by atoms with Gasteiger partial charge in [-0.05, 0) is 77.6 Å². The van der Waals surface area contributed by atoms with Crippen molar-refractivity contribution in [2.45, 2.75) is 33.7 Å². The molecule has 1 atom stereocenters. The Bertz CT molecular complexity index is 574. The van der Waals surface area contributed by atoms with E-state index in [1.165, 1.54) is 30.9 Å². The fraction of sp³-hybridized carbons (Fsp3) is 0.375. The van der Waals surface area contributed by atoms with Crippen molar-refractivity contribution in [2.75, 3.05) is 6.54 Å². The fourth-order valence-electron chi connectivity index (χ4n) is 2.35. The minimum absolute atomic E-state index is 0.292. The summed E-state index contributed by atoms with van der Waals surface area (Å²) in [4.78, 5) is 1.36. The van der Waals surface area contributed by atoms with Gasteiger partial charge in [0.05, 0.1) is 9.83 Å². The van der Waals surface area contributed by atoms with Gasteiger partial charge in [0.2, 0.25) is 0 Å². The molecule has 0 bridgehead atoms. The van der Waals surface area contributed by atoms with Crippen molar-refractivity contribution in [1.29, 1.82) is 0 Å². The maximum Gasteiger partial charge on any atom is 0.0702 e. The van der Waals surface area contributed by atoms with Crippen molar-refractivity contribution >= 4 is 27.3 Å². The summed E-state index contributed by atoms with van der Waals surface area (Å²) in [5, 5.41) is 3.61. The zero-order valence-electron chi connectivity index (χ0n) is 11.9. The molecule has 1 aromatic carbocycles. The van der Waals surface area contributed by atoms with Crippen molar-refractivity contribution in [3.8, 4) is 0 Å². The van der Waals surface area contributed by atoms with E-state index >= 15 is 0 Å². The molecule has 1 aromatic heterocycles. The minimum atomic E-state index is 0.292. The van der Waals surface area contributed by atoms with Crippen LogP contribution in [0.4, 0.5) is 0 Å². The molecule has 0 radical (unpaired) electrons. The number of rotatable bonds is 4. The summed E-state index contributed by atoms with van der Waals surface area (Å²) in [5.41, 5.74) is 5.47. The highest BCUT2D eigenvalue weighted by atomic mass is 79.9. The van der Waals surface area contributed by atoms with Crippen LogP contribution in [0.25, 0.3) is 0 Å². The Kier molecular flexibility index (Phi) is 4.82. The van der Waals surface area contributed by atoms with Crippen molar-refractivity contribution in [3.05, 3.63) is 55.2 Å². The van der Waals surface area contributed by atoms with Crippen LogP contribution >= 0.6 is 27.3 Å². The summed E-state index contributed by atoms with van der Waals surface area (Å²) in [6.07, 6.45) is 0. The van der Waals surface area contributed by atoms with Crippen molar-refractivity contribution in [3.63, 3.8) is 0 Å². The molecule has 0 aliphatic rings. The molecule has 0 saturated heterocycles. The molecule has 1 N–H and O–H groups in total. The number of thiophene rings is 1. The lowest BCUT2D eigenvalue weighted by Crippen LogP contribution is -2.22. The monoisotopic (exact) mass is 337 g/mol. The number of nitrogens with one attached hydrogen (secondary N) is 1. The second kappa shape index (κ2) is 6.21. The van der Waals surface area contributed by atoms with E-state index in [0.29, 0.717) is 6.04 Å². The standard InChI is InChI=1S/C16H20BrNS/c1-5-18-16(14-6-7-15(17)19-14)13-9-11(3)10(2)8-12(13)4/h6-9,16,18H,5H2,1-4H3. The summed E-state index contributed by atoms with van der Waals surface area (Å²) >= 11 is 5.36. The molecule has 1 heterocycles. The summed E-state index contributed by atoms with van der Waals surface area (Å²) in [6, 6.07) is 9.24. The van der Waals surface area contributed by atoms with Crippen LogP contribution in [0.1, 0.15) is 40.1 Å². The maximum absolute atomic E-state index is 3.61. The second-order valence-electron chi connectivity index (χ2n) is 4.93. The molecule has 102 valence electrons. The van der Waals surface area contributed by atoms with Crippen LogP contribution in [0.15, 0.2) is 28.1 Å². The molecule has 2 rings (SSSR count). The van der Waals surface area contributed by atoms with E-state index in [2.05, 4.69) is 73.2 Å². The van der Waals surface area contributed by atoms with Gasteiger partial charge in [0.1, 0.15) is 0 Å². The topological polar surface area (TPSA) is 12.0 Å². The number of halogens is 1. The van der Waals surface area contributed by atoms with E-state index in [1.807, 2.05) is 0 Å². The first-order valence-corrected chi connectivity index (χ1v) is 8.20. The number of hydrogen-bond acceptors (Lipinski definition) is 2. The van der Waals surface area contributed by atoms with Gasteiger partial charge in [-0.25, -0.2) is 0 Å². The molecule has 0 fully saturated rings. The van der Waals surface area contributed by atoms with Gasteiger partial charge in [-0.2, -0.15) is 0 Å². The molecule has 1 unspecified atom stereocenters. The van der Waals surface area contributed by atoms with Gasteiger partial charge in [-0.1, -0.05) is 19.1 Å². The van der Waals surface area contributed by atoms with Crippen LogP contribution in [-0.2, 0) is 0 Å². The molecular formula is C16H20BrNS. The lowest BCUT2D eigenvalue weighted by molar-refractivity contribution is 0.636. The maximum atomic E-state index is 3.61. The van der Waals surface area contributed by atoms with Crippen LogP contribution < -0.4 is 5.32 Å². The number of benzene rings is 1. The normalized spacial score (nSPS) is 12.7. The van der Waals surface area contributed by atoms with Crippen LogP contribution in [0, 0.1) is 20.8 Å². The third-order valence-corrected chi connectivity index (χ3v) is 5.17. The highest BCUT2D eigenvalue weighted by molar-refractivity contribution is 9.11. The Morgan fingerprint density at radius 3 is 2.37 bits per heavy atom. The molecule has 0 amide bonds. The van der Waals surface area contributed by atoms with E-state index in [1.54, 1.807) is 11.3 Å². The van der Waals surface area contributed by atoms with Gasteiger partial charge >= 0.3 is 0 Å². The van der Waals surface area contributed by atoms with E-state index in [9.17, 15) is 0 Å². The van der Waals surface area contributed by atoms with Gasteiger partial charge in [0.15, 0.2) is 0 Å². The van der Waals surface area contributed by atoms with Crippen LogP contribution in [0.5, 0.6) is 0 Å². The van der Waals surface area contributed by atoms with Crippen molar-refractivity contribution < 1.29 is 0 Å². The largest absolute Gasteiger partial charge is 0.306 e. The summed E-state index contributed by atoms with van der Waals surface area (Å²) < 4.78 is 1.19. The van der Waals surface area contributed by atoms with Gasteiger partial charge < -0.3 is 5.32 Å². The third kappa shape index (κ3) is 3.28. The lowest BCUT2D eigenvalue weighted by Gasteiger charge is -2.20. The fourth-order valence-corrected chi connectivity index (χ4v) is 3.86. The number of hydrogen-bond donors (Lipinski definition) is 1. The molecular weight excluding hydrogens is 318 g/mol. The van der Waals surface area contributed by atoms with Crippen molar-refractivity contribution in [1.82, 2.24) is 5.32 Å². The van der Waals surface area contributed by atoms with Gasteiger partial charge in [0.25, 0.3) is 0 Å². The number of aryl methyl sites for hydroxylation is 3. The molecule has 0 spiro atoms. The Labute approximate surface area is 128 Å². The average molecular weight is 338 g/mol. The third-order valence-electron chi connectivity index (χ3n) is 3.48. The quantitative estimate of drug-likeness (QED) is 0.814. The molecule has 0 aliphatic heterocycles. The lowest BCUT2D eigenvalue weighted by atomic mass is 9.95. The average Bonchev–Trinajstić information content (AvgIpc) is 2.78. The molecule has 0 saturated carbocycles. The molecule has 19 heavy (non-hydrogen) atoms. The first-order chi connectivity index (χ1) is 9.02. The molecule has 1 nitrogen and oxygen atoms in total. The second-order valence-corrected chi connectivity index (χ2v) is 7.42. The summed E-state index contributed by atoms with van der Waals surface area (Å²) in [7, 11) is 0. The minimum Gasteiger partial charge on any atom is -0.306 e. The van der Waals surface area contributed by atoms with E-state index in [4.69, 9.17) is 0 Å². The molecule has 0 aliphatic carbocycles. The van der Waals surface area contributed by atoms with E-state index < -0.39 is 0 Å². The predicted octanol–water partition coefficient (Wildman–Crippen LogP) is 5.13. The summed E-state index contributed by atoms with van der Waals surface area (Å²) in [5.74, 6) is 0. The predicted molar refractivity (Wildman–Crippen MR) is 88.2 cm³/mol. The zero-order valence-corrected chi connectivity index (χ0v) is 14.3. The van der Waals surface area contributed by atoms with Crippen LogP contribution in [-0.4, -0.2) is 6.54 Å². The highest BCUT2D eigenvalue weighted by Gasteiger charge is 2.17. The van der Waals surface area contributed by atoms with Crippen LogP contribution in [0.2, 0.25) is 0 Å². The Morgan fingerprint density at radius 1 is 1.11 bits per heavy atom.